The van der Waals surface area contributed by atoms with Crippen molar-refractivity contribution >= 4 is 0 Å². The zero-order chi connectivity index (χ0) is 10.5. The van der Waals surface area contributed by atoms with Gasteiger partial charge in [0.05, 0.1) is 0 Å². The van der Waals surface area contributed by atoms with E-state index in [9.17, 15) is 0 Å². The van der Waals surface area contributed by atoms with Gasteiger partial charge in [0.2, 0.25) is 0 Å². The average Bonchev–Trinajstić information content (AvgIpc) is 2.78. The molecule has 0 fully saturated rings. The van der Waals surface area contributed by atoms with E-state index in [-0.39, 0.29) is 21.1 Å². The second-order valence-electron chi connectivity index (χ2n) is 1.69. The van der Waals surface area contributed by atoms with Gasteiger partial charge < -0.3 is 6.92 Å². The summed E-state index contributed by atoms with van der Waals surface area (Å²) in [7, 11) is 0. The zero-order valence-electron chi connectivity index (χ0n) is 8.05. The summed E-state index contributed by atoms with van der Waals surface area (Å²) >= 11 is 0. The van der Waals surface area contributed by atoms with Gasteiger partial charge in [0.15, 0.2) is 0 Å². The third-order valence-electron chi connectivity index (χ3n) is 0.829. The molecule has 1 aliphatic rings. The van der Waals surface area contributed by atoms with E-state index in [1.807, 2.05) is 12.2 Å². The molecule has 0 aromatic rings. The molecule has 14 heavy (non-hydrogen) atoms. The predicted molar refractivity (Wildman–Crippen MR) is 53.3 cm³/mol. The molecule has 0 aromatic carbocycles. The van der Waals surface area contributed by atoms with E-state index in [2.05, 4.69) is 36.4 Å². The molecule has 0 heterocycles. The van der Waals surface area contributed by atoms with Crippen LogP contribution in [0.25, 0.3) is 0 Å². The number of nitrogens with zero attached hydrogens (tertiary/aromatic N) is 2. The number of rotatable bonds is 2. The van der Waals surface area contributed by atoms with Gasteiger partial charge >= 0.3 is 0 Å². The maximum Gasteiger partial charge on any atom is 0.102 e. The zero-order valence-corrected chi connectivity index (χ0v) is 11.0. The first-order valence-corrected chi connectivity index (χ1v) is 3.71. The topological polar surface area (TPSA) is 58.9 Å². The van der Waals surface area contributed by atoms with Gasteiger partial charge in [-0.2, -0.15) is 22.8 Å². The van der Waals surface area contributed by atoms with Crippen LogP contribution in [0.15, 0.2) is 28.6 Å². The Morgan fingerprint density at radius 1 is 1.36 bits per heavy atom. The van der Waals surface area contributed by atoms with Crippen molar-refractivity contribution in [3.05, 3.63) is 48.0 Å². The Morgan fingerprint density at radius 2 is 1.86 bits per heavy atom. The number of hydrogen-bond acceptors (Lipinski definition) is 4. The normalized spacial score (nSPS) is 10.3. The van der Waals surface area contributed by atoms with Crippen LogP contribution in [0.3, 0.4) is 0 Å². The van der Waals surface area contributed by atoms with Crippen LogP contribution in [0.1, 0.15) is 13.3 Å². The summed E-state index contributed by atoms with van der Waals surface area (Å²) in [6, 6.07) is 0. The molecule has 0 spiro atoms. The van der Waals surface area contributed by atoms with E-state index in [0.29, 0.717) is 0 Å². The van der Waals surface area contributed by atoms with Crippen LogP contribution in [0.5, 0.6) is 0 Å². The van der Waals surface area contributed by atoms with Gasteiger partial charge in [0.1, 0.15) is 6.17 Å². The van der Waals surface area contributed by atoms with Crippen LogP contribution < -0.4 is 0 Å². The van der Waals surface area contributed by atoms with Gasteiger partial charge in [-0.05, 0) is 0 Å². The van der Waals surface area contributed by atoms with Gasteiger partial charge in [-0.1, -0.05) is 10.4 Å². The Morgan fingerprint density at radius 3 is 1.93 bits per heavy atom. The molecule has 0 saturated carbocycles. The molecule has 0 atom stereocenters. The summed E-state index contributed by atoms with van der Waals surface area (Å²) in [5, 5.41) is 4.33. The molecule has 0 unspecified atom stereocenters. The Labute approximate surface area is 99.1 Å². The second-order valence-corrected chi connectivity index (χ2v) is 1.69. The minimum absolute atomic E-state index is 0. The van der Waals surface area contributed by atoms with E-state index in [1.165, 1.54) is 0 Å². The standard InChI is InChI=1S/C5H5.C2H3N2O2.C2H5.W/c1-2-4-5-3-1;1-2(3-5)4-6;1-2;/h1-3H,4H2;2H,1H2;1H2,2H3;/q3*-1;. The summed E-state index contributed by atoms with van der Waals surface area (Å²) in [5.41, 5.74) is 0. The molecular formula is C9H13N2O2W-3. The molecule has 0 N–H and O–H groups in total. The van der Waals surface area contributed by atoms with Crippen LogP contribution >= 0.6 is 0 Å². The number of allylic oxidation sites excluding steroid dienone is 4. The summed E-state index contributed by atoms with van der Waals surface area (Å²) in [4.78, 5) is 18.3. The molecular weight excluding hydrogens is 352 g/mol. The number of hydrogen-bond donors (Lipinski definition) is 0. The minimum atomic E-state index is -1.18. The molecule has 0 radical (unpaired) electrons. The van der Waals surface area contributed by atoms with Crippen molar-refractivity contribution < 1.29 is 21.1 Å². The summed E-state index contributed by atoms with van der Waals surface area (Å²) in [6.07, 6.45) is 8.82. The molecule has 1 aliphatic carbocycles. The van der Waals surface area contributed by atoms with Crippen LogP contribution in [-0.4, -0.2) is 6.17 Å². The third-order valence-corrected chi connectivity index (χ3v) is 0.829. The largest absolute Gasteiger partial charge is 0.346 e. The number of nitroso groups, excluding NO2 is 2. The van der Waals surface area contributed by atoms with E-state index in [4.69, 9.17) is 9.81 Å². The predicted octanol–water partition coefficient (Wildman–Crippen LogP) is 2.82. The van der Waals surface area contributed by atoms with Crippen LogP contribution in [0.4, 0.5) is 0 Å². The third kappa shape index (κ3) is 17.5. The van der Waals surface area contributed by atoms with Crippen molar-refractivity contribution in [2.75, 3.05) is 0 Å². The summed E-state index contributed by atoms with van der Waals surface area (Å²) in [6.45, 7) is 7.92. The Hall–Kier alpha value is -0.632. The summed E-state index contributed by atoms with van der Waals surface area (Å²) < 4.78 is 0. The molecule has 0 amide bonds. The molecule has 4 nitrogen and oxygen atoms in total. The molecule has 1 rings (SSSR count). The van der Waals surface area contributed by atoms with Crippen molar-refractivity contribution in [1.29, 1.82) is 0 Å². The second kappa shape index (κ2) is 18.2. The molecule has 0 aromatic heterocycles. The maximum atomic E-state index is 9.13. The molecule has 0 aliphatic heterocycles. The molecule has 80 valence electrons. The Kier molecular flexibility index (Phi) is 24.7. The fourth-order valence-corrected chi connectivity index (χ4v) is 0.359. The van der Waals surface area contributed by atoms with Crippen molar-refractivity contribution in [1.82, 2.24) is 0 Å². The fourth-order valence-electron chi connectivity index (χ4n) is 0.359. The van der Waals surface area contributed by atoms with Gasteiger partial charge in [-0.25, -0.2) is 12.2 Å². The van der Waals surface area contributed by atoms with Gasteiger partial charge in [-0.3, -0.25) is 13.0 Å². The minimum Gasteiger partial charge on any atom is -0.346 e. The van der Waals surface area contributed by atoms with E-state index >= 15 is 0 Å². The van der Waals surface area contributed by atoms with Gasteiger partial charge in [0, 0.05) is 21.1 Å². The maximum absolute atomic E-state index is 9.13. The van der Waals surface area contributed by atoms with Crippen molar-refractivity contribution in [3.8, 4) is 0 Å². The van der Waals surface area contributed by atoms with E-state index in [1.54, 1.807) is 6.92 Å². The molecule has 0 bridgehead atoms. The first kappa shape index (κ1) is 19.0. The van der Waals surface area contributed by atoms with Crippen LogP contribution in [0, 0.1) is 29.7 Å². The monoisotopic (exact) mass is 365 g/mol. The fraction of sp³-hybridized carbons (Fsp3) is 0.333. The SMILES string of the molecule is [C-]1=CC=CC1.[CH2-]C.[CH2-]C(N=O)N=O.[W]. The first-order valence-electron chi connectivity index (χ1n) is 3.71. The molecule has 5 heteroatoms. The molecule has 0 saturated heterocycles. The van der Waals surface area contributed by atoms with Crippen LogP contribution in [0.2, 0.25) is 0 Å². The quantitative estimate of drug-likeness (QED) is 0.558. The van der Waals surface area contributed by atoms with Gasteiger partial charge in [0.25, 0.3) is 0 Å². The van der Waals surface area contributed by atoms with Crippen molar-refractivity contribution in [2.45, 2.75) is 19.5 Å². The van der Waals surface area contributed by atoms with Crippen LogP contribution in [-0.2, 0) is 21.1 Å². The van der Waals surface area contributed by atoms with E-state index in [0.717, 1.165) is 6.42 Å². The Bertz CT molecular complexity index is 164. The summed E-state index contributed by atoms with van der Waals surface area (Å²) in [5.74, 6) is 0. The Balaban J connectivity index is -0.000000139. The van der Waals surface area contributed by atoms with E-state index < -0.39 is 6.17 Å². The average molecular weight is 365 g/mol. The smallest absolute Gasteiger partial charge is 0.102 e. The first-order chi connectivity index (χ1) is 6.31. The van der Waals surface area contributed by atoms with Gasteiger partial charge in [-0.15, -0.1) is 6.42 Å². The van der Waals surface area contributed by atoms with Crippen molar-refractivity contribution in [3.63, 3.8) is 0 Å². The van der Waals surface area contributed by atoms with Crippen molar-refractivity contribution in [2.24, 2.45) is 10.4 Å².